The normalized spacial score (nSPS) is 16.5. The molecule has 4 N–H and O–H groups in total. The summed E-state index contributed by atoms with van der Waals surface area (Å²) in [4.78, 5) is 35.0. The standard InChI is InChI=1S/C26H31N5O3/c1-16(2)23(30-26(33)34-3)25(32)31-14-4-5-22(31)24-28-15-21(29-24)19-8-6-17(7-9-19)18-10-12-20(27)13-11-18/h6-13,15-16,22-23H,4-5,14,27H2,1-3H3,(H,28,29)(H,30,33)/t22?,23-/m0/s1. The molecular formula is C26H31N5O3. The number of likely N-dealkylation sites (tertiary alicyclic amines) is 1. The van der Waals surface area contributed by atoms with E-state index >= 15 is 0 Å². The SMILES string of the molecule is COC(=O)N[C@H](C(=O)N1CCCC1c1nc(-c2ccc(-c3ccc(N)cc3)cc2)c[nH]1)C(C)C. The van der Waals surface area contributed by atoms with Crippen LogP contribution in [0.15, 0.2) is 54.7 Å². The van der Waals surface area contributed by atoms with Gasteiger partial charge in [0, 0.05) is 24.0 Å². The van der Waals surface area contributed by atoms with E-state index in [1.807, 2.05) is 61.3 Å². The molecule has 8 heteroatoms. The van der Waals surface area contributed by atoms with Crippen molar-refractivity contribution in [3.05, 3.63) is 60.6 Å². The van der Waals surface area contributed by atoms with Crippen LogP contribution in [-0.4, -0.2) is 46.6 Å². The van der Waals surface area contributed by atoms with Crippen molar-refractivity contribution < 1.29 is 14.3 Å². The summed E-state index contributed by atoms with van der Waals surface area (Å²) in [7, 11) is 1.29. The highest BCUT2D eigenvalue weighted by Crippen LogP contribution is 2.33. The number of nitrogens with two attached hydrogens (primary N) is 1. The number of imidazole rings is 1. The van der Waals surface area contributed by atoms with Crippen LogP contribution < -0.4 is 11.1 Å². The maximum atomic E-state index is 13.3. The highest BCUT2D eigenvalue weighted by Gasteiger charge is 2.37. The zero-order chi connectivity index (χ0) is 24.2. The Morgan fingerprint density at radius 2 is 1.71 bits per heavy atom. The number of nitrogens with zero attached hydrogens (tertiary/aromatic N) is 2. The van der Waals surface area contributed by atoms with Gasteiger partial charge in [0.1, 0.15) is 11.9 Å². The third-order valence-electron chi connectivity index (χ3n) is 6.27. The van der Waals surface area contributed by atoms with E-state index in [2.05, 4.69) is 22.4 Å². The fraction of sp³-hybridized carbons (Fsp3) is 0.346. The van der Waals surface area contributed by atoms with Crippen molar-refractivity contribution in [2.45, 2.75) is 38.8 Å². The van der Waals surface area contributed by atoms with Crippen molar-refractivity contribution in [2.75, 3.05) is 19.4 Å². The Balaban J connectivity index is 1.51. The Morgan fingerprint density at radius 3 is 2.32 bits per heavy atom. The maximum absolute atomic E-state index is 13.3. The van der Waals surface area contributed by atoms with Crippen LogP contribution in [0, 0.1) is 5.92 Å². The van der Waals surface area contributed by atoms with Crippen molar-refractivity contribution in [1.29, 1.82) is 0 Å². The number of benzene rings is 2. The molecule has 1 saturated heterocycles. The Hall–Kier alpha value is -3.81. The number of nitrogen functional groups attached to an aromatic ring is 1. The Bertz CT molecular complexity index is 1140. The average Bonchev–Trinajstić information content (AvgIpc) is 3.52. The number of hydrogen-bond donors (Lipinski definition) is 3. The van der Waals surface area contributed by atoms with E-state index in [1.165, 1.54) is 7.11 Å². The monoisotopic (exact) mass is 461 g/mol. The highest BCUT2D eigenvalue weighted by atomic mass is 16.5. The molecule has 0 aliphatic carbocycles. The molecule has 0 bridgehead atoms. The van der Waals surface area contributed by atoms with Crippen LogP contribution in [0.5, 0.6) is 0 Å². The van der Waals surface area contributed by atoms with Gasteiger partial charge in [0.25, 0.3) is 0 Å². The van der Waals surface area contributed by atoms with Crippen LogP contribution >= 0.6 is 0 Å². The number of amides is 2. The predicted molar refractivity (Wildman–Crippen MR) is 132 cm³/mol. The number of carbonyl (C=O) groups excluding carboxylic acids is 2. The minimum Gasteiger partial charge on any atom is -0.453 e. The summed E-state index contributed by atoms with van der Waals surface area (Å²) in [5, 5.41) is 2.68. The quantitative estimate of drug-likeness (QED) is 0.472. The minimum absolute atomic E-state index is 0.0698. The number of ether oxygens (including phenoxy) is 1. The van der Waals surface area contributed by atoms with Gasteiger partial charge in [-0.05, 0) is 42.0 Å². The number of carbonyl (C=O) groups is 2. The summed E-state index contributed by atoms with van der Waals surface area (Å²) in [6.07, 6.45) is 2.97. The fourth-order valence-electron chi connectivity index (χ4n) is 4.36. The molecule has 1 aliphatic heterocycles. The molecule has 2 amide bonds. The number of hydrogen-bond acceptors (Lipinski definition) is 5. The van der Waals surface area contributed by atoms with Crippen LogP contribution in [0.25, 0.3) is 22.4 Å². The zero-order valence-electron chi connectivity index (χ0n) is 19.7. The summed E-state index contributed by atoms with van der Waals surface area (Å²) in [6, 6.07) is 15.2. The maximum Gasteiger partial charge on any atom is 0.407 e. The topological polar surface area (TPSA) is 113 Å². The second-order valence-corrected chi connectivity index (χ2v) is 8.92. The number of anilines is 1. The molecule has 2 aromatic carbocycles. The van der Waals surface area contributed by atoms with E-state index in [1.54, 1.807) is 0 Å². The Morgan fingerprint density at radius 1 is 1.09 bits per heavy atom. The molecule has 1 aromatic heterocycles. The number of aromatic amines is 1. The lowest BCUT2D eigenvalue weighted by atomic mass is 10.0. The summed E-state index contributed by atoms with van der Waals surface area (Å²) in [6.45, 7) is 4.44. The number of aromatic nitrogens is 2. The van der Waals surface area contributed by atoms with Crippen LogP contribution in [0.1, 0.15) is 38.6 Å². The molecule has 8 nitrogen and oxygen atoms in total. The number of H-pyrrole nitrogens is 1. The molecule has 1 fully saturated rings. The number of methoxy groups -OCH3 is 1. The van der Waals surface area contributed by atoms with Gasteiger partial charge in [0.15, 0.2) is 0 Å². The first kappa shape index (κ1) is 23.4. The number of alkyl carbamates (subject to hydrolysis) is 1. The summed E-state index contributed by atoms with van der Waals surface area (Å²) in [5.41, 5.74) is 10.5. The van der Waals surface area contributed by atoms with E-state index in [9.17, 15) is 9.59 Å². The van der Waals surface area contributed by atoms with Gasteiger partial charge in [0.05, 0.1) is 18.8 Å². The van der Waals surface area contributed by atoms with Crippen LogP contribution in [-0.2, 0) is 9.53 Å². The predicted octanol–water partition coefficient (Wildman–Crippen LogP) is 4.37. The van der Waals surface area contributed by atoms with Crippen molar-refractivity contribution in [3.63, 3.8) is 0 Å². The van der Waals surface area contributed by atoms with Crippen molar-refractivity contribution in [3.8, 4) is 22.4 Å². The van der Waals surface area contributed by atoms with Crippen LogP contribution in [0.3, 0.4) is 0 Å². The van der Waals surface area contributed by atoms with E-state index < -0.39 is 12.1 Å². The second kappa shape index (κ2) is 9.99. The van der Waals surface area contributed by atoms with E-state index in [-0.39, 0.29) is 17.9 Å². The largest absolute Gasteiger partial charge is 0.453 e. The van der Waals surface area contributed by atoms with Gasteiger partial charge in [-0.3, -0.25) is 4.79 Å². The van der Waals surface area contributed by atoms with Crippen molar-refractivity contribution in [1.82, 2.24) is 20.2 Å². The lowest BCUT2D eigenvalue weighted by molar-refractivity contribution is -0.135. The minimum atomic E-state index is -0.650. The summed E-state index contributed by atoms with van der Waals surface area (Å²) in [5.74, 6) is 0.567. The zero-order valence-corrected chi connectivity index (χ0v) is 19.7. The molecule has 1 aliphatic rings. The van der Waals surface area contributed by atoms with Crippen LogP contribution in [0.2, 0.25) is 0 Å². The Kier molecular flexibility index (Phi) is 6.86. The molecule has 0 spiro atoms. The highest BCUT2D eigenvalue weighted by molar-refractivity contribution is 5.86. The third-order valence-corrected chi connectivity index (χ3v) is 6.27. The first-order chi connectivity index (χ1) is 16.4. The van der Waals surface area contributed by atoms with Crippen molar-refractivity contribution >= 4 is 17.7 Å². The second-order valence-electron chi connectivity index (χ2n) is 8.92. The molecule has 0 saturated carbocycles. The van der Waals surface area contributed by atoms with E-state index in [0.29, 0.717) is 6.54 Å². The van der Waals surface area contributed by atoms with E-state index in [4.69, 9.17) is 15.5 Å². The molecule has 2 heterocycles. The molecular weight excluding hydrogens is 430 g/mol. The average molecular weight is 462 g/mol. The molecule has 178 valence electrons. The summed E-state index contributed by atoms with van der Waals surface area (Å²) >= 11 is 0. The van der Waals surface area contributed by atoms with E-state index in [0.717, 1.165) is 46.7 Å². The van der Waals surface area contributed by atoms with Crippen molar-refractivity contribution in [2.24, 2.45) is 5.92 Å². The molecule has 2 atom stereocenters. The van der Waals surface area contributed by atoms with Crippen LogP contribution in [0.4, 0.5) is 10.5 Å². The Labute approximate surface area is 199 Å². The van der Waals surface area contributed by atoms with Gasteiger partial charge in [-0.2, -0.15) is 0 Å². The van der Waals surface area contributed by atoms with Gasteiger partial charge in [-0.1, -0.05) is 50.2 Å². The van der Waals surface area contributed by atoms with Gasteiger partial charge in [-0.15, -0.1) is 0 Å². The molecule has 34 heavy (non-hydrogen) atoms. The first-order valence-corrected chi connectivity index (χ1v) is 11.5. The third kappa shape index (κ3) is 4.90. The molecule has 3 aromatic rings. The molecule has 1 unspecified atom stereocenters. The molecule has 4 rings (SSSR count). The van der Waals surface area contributed by atoms with Gasteiger partial charge < -0.3 is 25.7 Å². The van der Waals surface area contributed by atoms with Gasteiger partial charge >= 0.3 is 6.09 Å². The number of nitrogens with one attached hydrogen (secondary N) is 2. The lowest BCUT2D eigenvalue weighted by Gasteiger charge is -2.29. The smallest absolute Gasteiger partial charge is 0.407 e. The fourth-order valence-corrected chi connectivity index (χ4v) is 4.36. The summed E-state index contributed by atoms with van der Waals surface area (Å²) < 4.78 is 4.70. The number of rotatable bonds is 6. The van der Waals surface area contributed by atoms with Gasteiger partial charge in [0.2, 0.25) is 5.91 Å². The lowest BCUT2D eigenvalue weighted by Crippen LogP contribution is -2.51. The molecule has 0 radical (unpaired) electrons. The first-order valence-electron chi connectivity index (χ1n) is 11.5. The van der Waals surface area contributed by atoms with Gasteiger partial charge in [-0.25, -0.2) is 9.78 Å².